The average molecular weight is 234 g/mol. The van der Waals surface area contributed by atoms with Crippen LogP contribution in [0.3, 0.4) is 0 Å². The Morgan fingerprint density at radius 1 is 1.47 bits per heavy atom. The smallest absolute Gasteiger partial charge is 0.335 e. The monoisotopic (exact) mass is 234 g/mol. The van der Waals surface area contributed by atoms with Crippen molar-refractivity contribution in [1.29, 1.82) is 0 Å². The molecule has 1 aromatic heterocycles. The highest BCUT2D eigenvalue weighted by Gasteiger charge is 2.11. The van der Waals surface area contributed by atoms with Gasteiger partial charge in [-0.3, -0.25) is 0 Å². The van der Waals surface area contributed by atoms with Gasteiger partial charge in [0.25, 0.3) is 0 Å². The van der Waals surface area contributed by atoms with Crippen LogP contribution in [0, 0.1) is 13.8 Å². The molecule has 1 N–H and O–H groups in total. The zero-order valence-electron chi connectivity index (χ0n) is 12.4. The third-order valence-electron chi connectivity index (χ3n) is 2.54. The van der Waals surface area contributed by atoms with E-state index in [4.69, 9.17) is 14.0 Å². The van der Waals surface area contributed by atoms with E-state index in [1.165, 1.54) is 25.3 Å². The number of rotatable bonds is 2. The standard InChI is InChI=1S/C13H13NO3/c1-7-4-9-5-10(13(15)16)6-11(17-3)12(9)14-8(7)2/h4-6H,1-3H3,(H,15,16)/i1D3. The second-order valence-corrected chi connectivity index (χ2v) is 3.68. The fourth-order valence-electron chi connectivity index (χ4n) is 1.63. The number of benzene rings is 1. The van der Waals surface area contributed by atoms with Gasteiger partial charge in [0.15, 0.2) is 0 Å². The molecule has 2 rings (SSSR count). The second kappa shape index (κ2) is 4.05. The number of hydrogen-bond acceptors (Lipinski definition) is 3. The van der Waals surface area contributed by atoms with Crippen LogP contribution in [0.25, 0.3) is 10.9 Å². The quantitative estimate of drug-likeness (QED) is 0.867. The minimum absolute atomic E-state index is 0.0245. The van der Waals surface area contributed by atoms with Crippen molar-refractivity contribution in [3.63, 3.8) is 0 Å². The number of ether oxygens (including phenoxy) is 1. The van der Waals surface area contributed by atoms with E-state index in [1.807, 2.05) is 0 Å². The molecule has 4 heteroatoms. The number of hydrogen-bond donors (Lipinski definition) is 1. The van der Waals surface area contributed by atoms with Gasteiger partial charge in [-0.15, -0.1) is 0 Å². The predicted molar refractivity (Wildman–Crippen MR) is 64.7 cm³/mol. The maximum atomic E-state index is 11.1. The molecule has 88 valence electrons. The van der Waals surface area contributed by atoms with Crippen LogP contribution in [0.2, 0.25) is 0 Å². The SMILES string of the molecule is [2H]C([2H])([2H])c1cc2cc(C(=O)O)cc(OC)c2nc1C. The van der Waals surface area contributed by atoms with Crippen LogP contribution < -0.4 is 4.74 Å². The number of nitrogens with zero attached hydrogens (tertiary/aromatic N) is 1. The summed E-state index contributed by atoms with van der Waals surface area (Å²) in [7, 11) is 1.41. The highest BCUT2D eigenvalue weighted by Crippen LogP contribution is 2.27. The van der Waals surface area contributed by atoms with E-state index in [9.17, 15) is 4.79 Å². The third kappa shape index (κ3) is 1.93. The van der Waals surface area contributed by atoms with Crippen molar-refractivity contribution >= 4 is 16.9 Å². The summed E-state index contributed by atoms with van der Waals surface area (Å²) in [6.07, 6.45) is 0. The summed E-state index contributed by atoms with van der Waals surface area (Å²) < 4.78 is 27.5. The number of methoxy groups -OCH3 is 1. The molecule has 0 aliphatic rings. The van der Waals surface area contributed by atoms with Gasteiger partial charge in [0.2, 0.25) is 0 Å². The van der Waals surface area contributed by atoms with E-state index in [0.717, 1.165) is 0 Å². The first-order valence-electron chi connectivity index (χ1n) is 6.47. The molecule has 0 unspecified atom stereocenters. The summed E-state index contributed by atoms with van der Waals surface area (Å²) in [6.45, 7) is -0.691. The molecule has 1 heterocycles. The van der Waals surface area contributed by atoms with Gasteiger partial charge in [-0.25, -0.2) is 9.78 Å². The summed E-state index contributed by atoms with van der Waals surface area (Å²) in [6, 6.07) is 4.20. The Labute approximate surface area is 103 Å². The van der Waals surface area contributed by atoms with Crippen molar-refractivity contribution in [2.24, 2.45) is 0 Å². The molecule has 0 bridgehead atoms. The highest BCUT2D eigenvalue weighted by molar-refractivity contribution is 5.96. The Balaban J connectivity index is 2.82. The Bertz CT molecular complexity index is 695. The van der Waals surface area contributed by atoms with E-state index in [0.29, 0.717) is 22.3 Å². The zero-order chi connectivity index (χ0) is 15.1. The molecule has 0 saturated heterocycles. The lowest BCUT2D eigenvalue weighted by Crippen LogP contribution is -1.99. The van der Waals surface area contributed by atoms with Crippen LogP contribution >= 0.6 is 0 Å². The van der Waals surface area contributed by atoms with Gasteiger partial charge >= 0.3 is 5.97 Å². The number of pyridine rings is 1. The summed E-state index contributed by atoms with van der Waals surface area (Å²) in [4.78, 5) is 15.3. The van der Waals surface area contributed by atoms with E-state index < -0.39 is 12.8 Å². The fourth-order valence-corrected chi connectivity index (χ4v) is 1.63. The van der Waals surface area contributed by atoms with Crippen molar-refractivity contribution in [2.45, 2.75) is 13.8 Å². The molecule has 2 aromatic rings. The first-order valence-corrected chi connectivity index (χ1v) is 4.97. The van der Waals surface area contributed by atoms with Gasteiger partial charge in [0.05, 0.1) is 12.7 Å². The number of carbonyl (C=O) groups is 1. The first-order chi connectivity index (χ1) is 9.24. The highest BCUT2D eigenvalue weighted by atomic mass is 16.5. The molecule has 0 fully saturated rings. The van der Waals surface area contributed by atoms with E-state index in [2.05, 4.69) is 4.98 Å². The Kier molecular flexibility index (Phi) is 1.92. The van der Waals surface area contributed by atoms with Crippen LogP contribution in [-0.4, -0.2) is 23.2 Å². The van der Waals surface area contributed by atoms with Crippen LogP contribution in [0.15, 0.2) is 18.2 Å². The molecule has 0 saturated carbocycles. The molecule has 0 aliphatic heterocycles. The molecule has 0 amide bonds. The maximum Gasteiger partial charge on any atom is 0.335 e. The number of fused-ring (bicyclic) bond motifs is 1. The van der Waals surface area contributed by atoms with Crippen molar-refractivity contribution in [3.05, 3.63) is 35.0 Å². The largest absolute Gasteiger partial charge is 0.494 e. The van der Waals surface area contributed by atoms with Crippen LogP contribution in [0.5, 0.6) is 5.75 Å². The van der Waals surface area contributed by atoms with Gasteiger partial charge in [-0.1, -0.05) is 0 Å². The number of carboxylic acid groups (broad SMARTS) is 1. The van der Waals surface area contributed by atoms with Crippen molar-refractivity contribution in [2.75, 3.05) is 7.11 Å². The fraction of sp³-hybridized carbons (Fsp3) is 0.231. The molecule has 0 aliphatic carbocycles. The van der Waals surface area contributed by atoms with E-state index in [-0.39, 0.29) is 11.1 Å². The lowest BCUT2D eigenvalue weighted by Gasteiger charge is -2.09. The van der Waals surface area contributed by atoms with Gasteiger partial charge in [-0.05, 0) is 37.5 Å². The molecule has 1 aromatic carbocycles. The number of aromatic nitrogens is 1. The van der Waals surface area contributed by atoms with E-state index >= 15 is 0 Å². The molecular weight excluding hydrogens is 218 g/mol. The maximum absolute atomic E-state index is 11.1. The van der Waals surface area contributed by atoms with E-state index in [1.54, 1.807) is 6.92 Å². The summed E-state index contributed by atoms with van der Waals surface area (Å²) in [5, 5.41) is 9.49. The summed E-state index contributed by atoms with van der Waals surface area (Å²) in [5.74, 6) is -0.804. The number of aryl methyl sites for hydroxylation is 2. The minimum atomic E-state index is -2.29. The molecule has 0 radical (unpaired) electrons. The predicted octanol–water partition coefficient (Wildman–Crippen LogP) is 2.56. The van der Waals surface area contributed by atoms with Gasteiger partial charge < -0.3 is 9.84 Å². The molecule has 0 atom stereocenters. The molecule has 17 heavy (non-hydrogen) atoms. The van der Waals surface area contributed by atoms with Gasteiger partial charge in [-0.2, -0.15) is 0 Å². The Morgan fingerprint density at radius 3 is 2.82 bits per heavy atom. The summed E-state index contributed by atoms with van der Waals surface area (Å²) in [5.41, 5.74) is 0.952. The van der Waals surface area contributed by atoms with Crippen molar-refractivity contribution in [1.82, 2.24) is 4.98 Å². The normalized spacial score (nSPS) is 13.9. The first kappa shape index (κ1) is 8.06. The van der Waals surface area contributed by atoms with Gasteiger partial charge in [0, 0.05) is 15.2 Å². The van der Waals surface area contributed by atoms with Gasteiger partial charge in [0.1, 0.15) is 11.3 Å². The second-order valence-electron chi connectivity index (χ2n) is 3.68. The summed E-state index contributed by atoms with van der Waals surface area (Å²) >= 11 is 0. The third-order valence-corrected chi connectivity index (χ3v) is 2.54. The lowest BCUT2D eigenvalue weighted by atomic mass is 10.1. The average Bonchev–Trinajstić information content (AvgIpc) is 2.35. The molecular formula is C13H13NO3. The molecule has 0 spiro atoms. The molecule has 4 nitrogen and oxygen atoms in total. The van der Waals surface area contributed by atoms with Crippen LogP contribution in [0.4, 0.5) is 0 Å². The Morgan fingerprint density at radius 2 is 2.24 bits per heavy atom. The lowest BCUT2D eigenvalue weighted by molar-refractivity contribution is 0.0696. The van der Waals surface area contributed by atoms with Crippen molar-refractivity contribution in [3.8, 4) is 5.75 Å². The van der Waals surface area contributed by atoms with Crippen LogP contribution in [-0.2, 0) is 0 Å². The van der Waals surface area contributed by atoms with Crippen molar-refractivity contribution < 1.29 is 18.8 Å². The number of aromatic carboxylic acids is 1. The minimum Gasteiger partial charge on any atom is -0.494 e. The number of carboxylic acids is 1. The van der Waals surface area contributed by atoms with Crippen LogP contribution in [0.1, 0.15) is 25.7 Å². The Hall–Kier alpha value is -2.10. The topological polar surface area (TPSA) is 59.4 Å². The zero-order valence-corrected chi connectivity index (χ0v) is 9.44.